The average Bonchev–Trinajstić information content (AvgIpc) is 2.29. The zero-order valence-corrected chi connectivity index (χ0v) is 10.8. The number of aromatic amines is 1. The highest BCUT2D eigenvalue weighted by molar-refractivity contribution is 9.10. The van der Waals surface area contributed by atoms with Crippen molar-refractivity contribution < 1.29 is 0 Å². The van der Waals surface area contributed by atoms with Crippen LogP contribution in [0.15, 0.2) is 44.5 Å². The Kier molecular flexibility index (Phi) is 3.28. The van der Waals surface area contributed by atoms with Crippen LogP contribution in [0.3, 0.4) is 0 Å². The van der Waals surface area contributed by atoms with Gasteiger partial charge in [0.2, 0.25) is 0 Å². The summed E-state index contributed by atoms with van der Waals surface area (Å²) in [4.78, 5) is 25.0. The van der Waals surface area contributed by atoms with E-state index < -0.39 is 11.2 Å². The van der Waals surface area contributed by atoms with Gasteiger partial charge in [-0.3, -0.25) is 14.3 Å². The molecule has 2 aromatic rings. The Morgan fingerprint density at radius 3 is 2.71 bits per heavy atom. The van der Waals surface area contributed by atoms with Gasteiger partial charge in [0.15, 0.2) is 0 Å². The van der Waals surface area contributed by atoms with E-state index in [4.69, 9.17) is 0 Å². The summed E-state index contributed by atoms with van der Waals surface area (Å²) in [5, 5.41) is 0. The number of rotatable bonds is 2. The van der Waals surface area contributed by atoms with Crippen LogP contribution in [0.4, 0.5) is 0 Å². The number of hydrogen-bond acceptors (Lipinski definition) is 2. The Labute approximate surface area is 106 Å². The van der Waals surface area contributed by atoms with Gasteiger partial charge in [-0.15, -0.1) is 0 Å². The van der Waals surface area contributed by atoms with E-state index in [1.807, 2.05) is 31.2 Å². The minimum atomic E-state index is -0.406. The molecule has 0 amide bonds. The molecule has 4 nitrogen and oxygen atoms in total. The summed E-state index contributed by atoms with van der Waals surface area (Å²) in [7, 11) is 0. The molecule has 5 heteroatoms. The maximum Gasteiger partial charge on any atom is 0.328 e. The van der Waals surface area contributed by atoms with Crippen molar-refractivity contribution >= 4 is 15.9 Å². The molecule has 1 heterocycles. The quantitative estimate of drug-likeness (QED) is 0.916. The van der Waals surface area contributed by atoms with Gasteiger partial charge >= 0.3 is 5.69 Å². The molecule has 0 atom stereocenters. The number of benzene rings is 1. The van der Waals surface area contributed by atoms with E-state index in [1.54, 1.807) is 0 Å². The van der Waals surface area contributed by atoms with E-state index in [0.29, 0.717) is 11.0 Å². The number of hydrogen-bond donors (Lipinski definition) is 1. The molecule has 1 aromatic carbocycles. The van der Waals surface area contributed by atoms with Crippen molar-refractivity contribution in [1.29, 1.82) is 0 Å². The molecule has 88 valence electrons. The molecule has 0 aliphatic carbocycles. The lowest BCUT2D eigenvalue weighted by molar-refractivity contribution is 0.713. The van der Waals surface area contributed by atoms with Crippen molar-refractivity contribution in [2.75, 3.05) is 0 Å². The van der Waals surface area contributed by atoms with Gasteiger partial charge in [-0.2, -0.15) is 0 Å². The van der Waals surface area contributed by atoms with Crippen LogP contribution in [-0.2, 0) is 6.54 Å². The van der Waals surface area contributed by atoms with Crippen LogP contribution in [0.2, 0.25) is 0 Å². The third-order valence-electron chi connectivity index (χ3n) is 2.57. The van der Waals surface area contributed by atoms with Gasteiger partial charge in [0.1, 0.15) is 0 Å². The molecule has 0 unspecified atom stereocenters. The van der Waals surface area contributed by atoms with Gasteiger partial charge in [-0.25, -0.2) is 4.79 Å². The Balaban J connectivity index is 2.44. The summed E-state index contributed by atoms with van der Waals surface area (Å²) in [5.41, 5.74) is 1.35. The van der Waals surface area contributed by atoms with E-state index >= 15 is 0 Å². The average molecular weight is 295 g/mol. The van der Waals surface area contributed by atoms with Crippen molar-refractivity contribution in [3.05, 3.63) is 66.9 Å². The fraction of sp³-hybridized carbons (Fsp3) is 0.167. The second-order valence-electron chi connectivity index (χ2n) is 3.79. The third kappa shape index (κ3) is 2.55. The maximum absolute atomic E-state index is 11.6. The predicted molar refractivity (Wildman–Crippen MR) is 69.3 cm³/mol. The van der Waals surface area contributed by atoms with Crippen molar-refractivity contribution in [1.82, 2.24) is 9.55 Å². The Bertz CT molecular complexity index is 658. The molecule has 2 rings (SSSR count). The largest absolute Gasteiger partial charge is 0.328 e. The summed E-state index contributed by atoms with van der Waals surface area (Å²) >= 11 is 3.11. The van der Waals surface area contributed by atoms with Crippen molar-refractivity contribution in [3.8, 4) is 0 Å². The first-order valence-electron chi connectivity index (χ1n) is 5.11. The van der Waals surface area contributed by atoms with E-state index in [0.717, 1.165) is 11.1 Å². The first kappa shape index (κ1) is 11.9. The van der Waals surface area contributed by atoms with Gasteiger partial charge in [0.25, 0.3) is 5.56 Å². The lowest BCUT2D eigenvalue weighted by Gasteiger charge is -2.08. The Hall–Kier alpha value is -1.62. The van der Waals surface area contributed by atoms with Gasteiger partial charge in [0, 0.05) is 6.20 Å². The fourth-order valence-electron chi connectivity index (χ4n) is 1.57. The summed E-state index contributed by atoms with van der Waals surface area (Å²) in [5.74, 6) is 0. The second kappa shape index (κ2) is 4.71. The molecule has 1 aromatic heterocycles. The van der Waals surface area contributed by atoms with Crippen molar-refractivity contribution in [2.45, 2.75) is 13.5 Å². The SMILES string of the molecule is Cc1ccccc1Cn1cc(Br)c(=O)[nH]c1=O. The van der Waals surface area contributed by atoms with Crippen LogP contribution < -0.4 is 11.2 Å². The van der Waals surface area contributed by atoms with E-state index in [1.165, 1.54) is 10.8 Å². The number of nitrogens with zero attached hydrogens (tertiary/aromatic N) is 1. The molecule has 0 aliphatic rings. The first-order valence-corrected chi connectivity index (χ1v) is 5.91. The highest BCUT2D eigenvalue weighted by atomic mass is 79.9. The molecular weight excluding hydrogens is 284 g/mol. The van der Waals surface area contributed by atoms with E-state index in [2.05, 4.69) is 20.9 Å². The normalized spacial score (nSPS) is 10.5. The number of aryl methyl sites for hydroxylation is 1. The van der Waals surface area contributed by atoms with Gasteiger partial charge in [-0.1, -0.05) is 24.3 Å². The summed E-state index contributed by atoms with van der Waals surface area (Å²) in [6, 6.07) is 7.82. The molecule has 17 heavy (non-hydrogen) atoms. The first-order chi connectivity index (χ1) is 8.08. The minimum Gasteiger partial charge on any atom is -0.295 e. The molecule has 0 saturated carbocycles. The van der Waals surface area contributed by atoms with Crippen LogP contribution in [-0.4, -0.2) is 9.55 Å². The predicted octanol–water partition coefficient (Wildman–Crippen LogP) is 1.66. The molecule has 0 bridgehead atoms. The van der Waals surface area contributed by atoms with Crippen LogP contribution in [0.5, 0.6) is 0 Å². The molecular formula is C12H11BrN2O2. The topological polar surface area (TPSA) is 54.9 Å². The monoisotopic (exact) mass is 294 g/mol. The highest BCUT2D eigenvalue weighted by Gasteiger charge is 2.04. The van der Waals surface area contributed by atoms with Gasteiger partial charge < -0.3 is 0 Å². The molecule has 0 aliphatic heterocycles. The van der Waals surface area contributed by atoms with Crippen molar-refractivity contribution in [3.63, 3.8) is 0 Å². The van der Waals surface area contributed by atoms with E-state index in [-0.39, 0.29) is 0 Å². The van der Waals surface area contributed by atoms with Crippen LogP contribution in [0.25, 0.3) is 0 Å². The second-order valence-corrected chi connectivity index (χ2v) is 4.65. The molecule has 1 N–H and O–H groups in total. The summed E-state index contributed by atoms with van der Waals surface area (Å²) in [6.45, 7) is 2.43. The minimum absolute atomic E-state index is 0.352. The number of aromatic nitrogens is 2. The van der Waals surface area contributed by atoms with Crippen LogP contribution in [0, 0.1) is 6.92 Å². The summed E-state index contributed by atoms with van der Waals surface area (Å²) in [6.07, 6.45) is 1.51. The third-order valence-corrected chi connectivity index (χ3v) is 3.13. The zero-order valence-electron chi connectivity index (χ0n) is 9.24. The maximum atomic E-state index is 11.6. The Morgan fingerprint density at radius 1 is 1.29 bits per heavy atom. The molecule has 0 spiro atoms. The van der Waals surface area contributed by atoms with Gasteiger partial charge in [0.05, 0.1) is 11.0 Å². The lowest BCUT2D eigenvalue weighted by Crippen LogP contribution is -2.30. The Morgan fingerprint density at radius 2 is 2.00 bits per heavy atom. The number of nitrogens with one attached hydrogen (secondary N) is 1. The van der Waals surface area contributed by atoms with Crippen molar-refractivity contribution in [2.24, 2.45) is 0 Å². The molecule has 0 fully saturated rings. The summed E-state index contributed by atoms with van der Waals surface area (Å²) < 4.78 is 1.82. The van der Waals surface area contributed by atoms with E-state index in [9.17, 15) is 9.59 Å². The smallest absolute Gasteiger partial charge is 0.295 e. The van der Waals surface area contributed by atoms with Crippen LogP contribution in [0.1, 0.15) is 11.1 Å². The molecule has 0 saturated heterocycles. The number of H-pyrrole nitrogens is 1. The number of halogens is 1. The standard InChI is InChI=1S/C12H11BrN2O2/c1-8-4-2-3-5-9(8)6-15-7-10(13)11(16)14-12(15)17/h2-5,7H,6H2,1H3,(H,14,16,17). The lowest BCUT2D eigenvalue weighted by atomic mass is 10.1. The fourth-order valence-corrected chi connectivity index (χ4v) is 1.92. The highest BCUT2D eigenvalue weighted by Crippen LogP contribution is 2.08. The van der Waals surface area contributed by atoms with Crippen LogP contribution >= 0.6 is 15.9 Å². The molecule has 0 radical (unpaired) electrons. The zero-order chi connectivity index (χ0) is 12.4. The van der Waals surface area contributed by atoms with Gasteiger partial charge in [-0.05, 0) is 34.0 Å².